The molecule has 4 nitrogen and oxygen atoms in total. The lowest BCUT2D eigenvalue weighted by molar-refractivity contribution is -0.139. The number of amides is 1. The molecule has 2 fully saturated rings. The molecule has 1 spiro atoms. The second-order valence-corrected chi connectivity index (χ2v) is 8.56. The lowest BCUT2D eigenvalue weighted by Crippen LogP contribution is -2.42. The Balaban J connectivity index is 1.73. The Hall–Kier alpha value is -1.77. The molecule has 1 saturated carbocycles. The molecule has 1 heterocycles. The maximum Gasteiger partial charge on any atom is 0.248 e. The van der Waals surface area contributed by atoms with Gasteiger partial charge in [-0.15, -0.1) is 0 Å². The van der Waals surface area contributed by atoms with E-state index in [1.165, 1.54) is 0 Å². The van der Waals surface area contributed by atoms with E-state index in [0.29, 0.717) is 25.9 Å². The summed E-state index contributed by atoms with van der Waals surface area (Å²) in [7, 11) is 0. The number of rotatable bonds is 1. The van der Waals surface area contributed by atoms with Crippen LogP contribution in [0.1, 0.15) is 52.4 Å². The van der Waals surface area contributed by atoms with Gasteiger partial charge in [-0.05, 0) is 25.7 Å². The summed E-state index contributed by atoms with van der Waals surface area (Å²) in [6.45, 7) is 4.72. The molecule has 2 aliphatic carbocycles. The fourth-order valence-corrected chi connectivity index (χ4v) is 4.72. The highest BCUT2D eigenvalue weighted by Gasteiger charge is 2.49. The first-order chi connectivity index (χ1) is 11.6. The van der Waals surface area contributed by atoms with E-state index < -0.39 is 11.3 Å². The molecule has 136 valence electrons. The van der Waals surface area contributed by atoms with Crippen LogP contribution in [0.15, 0.2) is 11.6 Å². The molecule has 0 N–H and O–H groups in total. The van der Waals surface area contributed by atoms with Crippen molar-refractivity contribution in [3.8, 4) is 6.07 Å². The van der Waals surface area contributed by atoms with E-state index in [1.54, 1.807) is 11.0 Å². The van der Waals surface area contributed by atoms with Crippen molar-refractivity contribution in [2.24, 2.45) is 16.7 Å². The summed E-state index contributed by atoms with van der Waals surface area (Å²) in [5.41, 5.74) is -0.787. The first kappa shape index (κ1) is 18.0. The molecule has 0 radical (unpaired) electrons. The molecule has 25 heavy (non-hydrogen) atoms. The molecule has 3 aliphatic rings. The average Bonchev–Trinajstić information content (AvgIpc) is 2.93. The molecule has 0 aromatic carbocycles. The molecule has 1 saturated heterocycles. The van der Waals surface area contributed by atoms with Crippen molar-refractivity contribution >= 4 is 11.7 Å². The van der Waals surface area contributed by atoms with Gasteiger partial charge in [-0.3, -0.25) is 9.59 Å². The summed E-state index contributed by atoms with van der Waals surface area (Å²) < 4.78 is 26.6. The zero-order valence-corrected chi connectivity index (χ0v) is 14.8. The summed E-state index contributed by atoms with van der Waals surface area (Å²) in [5, 5.41) is 9.27. The summed E-state index contributed by atoms with van der Waals surface area (Å²) >= 11 is 0. The number of alkyl halides is 2. The minimum Gasteiger partial charge on any atom is -0.342 e. The molecule has 6 heteroatoms. The summed E-state index contributed by atoms with van der Waals surface area (Å²) in [5.74, 6) is -3.15. The van der Waals surface area contributed by atoms with Crippen molar-refractivity contribution in [1.82, 2.24) is 4.90 Å². The second kappa shape index (κ2) is 5.89. The third-order valence-corrected chi connectivity index (χ3v) is 5.99. The average molecular weight is 350 g/mol. The number of likely N-dealkylation sites (tertiary alicyclic amines) is 1. The normalized spacial score (nSPS) is 31.7. The van der Waals surface area contributed by atoms with Crippen molar-refractivity contribution in [3.63, 3.8) is 0 Å². The van der Waals surface area contributed by atoms with Gasteiger partial charge in [0.15, 0.2) is 5.78 Å². The van der Waals surface area contributed by atoms with E-state index in [9.17, 15) is 23.6 Å². The minimum atomic E-state index is -2.64. The van der Waals surface area contributed by atoms with Crippen molar-refractivity contribution in [1.29, 1.82) is 5.26 Å². The van der Waals surface area contributed by atoms with E-state index in [-0.39, 0.29) is 54.3 Å². The number of halogens is 2. The fraction of sp³-hybridized carbons (Fsp3) is 0.737. The first-order valence-electron chi connectivity index (χ1n) is 8.92. The molecular weight excluding hydrogens is 326 g/mol. The topological polar surface area (TPSA) is 61.2 Å². The van der Waals surface area contributed by atoms with E-state index in [4.69, 9.17) is 0 Å². The van der Waals surface area contributed by atoms with Crippen molar-refractivity contribution < 1.29 is 18.4 Å². The number of carbonyl (C=O) groups excluding carboxylic acids is 2. The maximum atomic E-state index is 13.3. The predicted molar refractivity (Wildman–Crippen MR) is 87.6 cm³/mol. The van der Waals surface area contributed by atoms with Gasteiger partial charge in [0.1, 0.15) is 6.07 Å². The second-order valence-electron chi connectivity index (χ2n) is 8.56. The van der Waals surface area contributed by atoms with Gasteiger partial charge in [-0.1, -0.05) is 19.9 Å². The molecule has 0 aromatic heterocycles. The number of nitriles is 1. The van der Waals surface area contributed by atoms with Crippen LogP contribution in [0.2, 0.25) is 0 Å². The Morgan fingerprint density at radius 2 is 1.92 bits per heavy atom. The molecular formula is C19H24F2N2O2. The molecule has 0 unspecified atom stereocenters. The number of ketones is 1. The van der Waals surface area contributed by atoms with E-state index in [2.05, 4.69) is 0 Å². The van der Waals surface area contributed by atoms with Crippen LogP contribution in [0.4, 0.5) is 8.78 Å². The zero-order valence-electron chi connectivity index (χ0n) is 14.8. The number of Topliss-reactive ketones (excluding diaryl/α,β-unsaturated/α-hetero) is 1. The number of carbonyl (C=O) groups is 2. The molecule has 0 bridgehead atoms. The van der Waals surface area contributed by atoms with Crippen LogP contribution in [0.3, 0.4) is 0 Å². The standard InChI is InChI=1S/C19H24F2N2O2/c1-17(2)11-18(9-14(10-22)15(17)24)7-8-23(12-18)16(25)13-3-5-19(20,21)6-4-13/h9,13H,3-8,11-12H2,1-2H3/t18-/m0/s1. The third kappa shape index (κ3) is 3.33. The SMILES string of the molecule is CC1(C)C[C@@]2(C=C(C#N)C1=O)CCN(C(=O)C1CCC(F)(F)CC1)C2. The molecule has 3 rings (SSSR count). The number of nitrogens with zero attached hydrogens (tertiary/aromatic N) is 2. The monoisotopic (exact) mass is 350 g/mol. The first-order valence-corrected chi connectivity index (χ1v) is 8.92. The lowest BCUT2D eigenvalue weighted by Gasteiger charge is -2.39. The van der Waals surface area contributed by atoms with E-state index >= 15 is 0 Å². The number of hydrogen-bond donors (Lipinski definition) is 0. The molecule has 1 atom stereocenters. The maximum absolute atomic E-state index is 13.3. The van der Waals surface area contributed by atoms with Gasteiger partial charge in [-0.2, -0.15) is 5.26 Å². The highest BCUT2D eigenvalue weighted by molar-refractivity contribution is 6.03. The van der Waals surface area contributed by atoms with E-state index in [0.717, 1.165) is 0 Å². The van der Waals surface area contributed by atoms with Crippen molar-refractivity contribution in [3.05, 3.63) is 11.6 Å². The Bertz CT molecular complexity index is 667. The fourth-order valence-electron chi connectivity index (χ4n) is 4.72. The van der Waals surface area contributed by atoms with Crippen LogP contribution in [0, 0.1) is 28.1 Å². The quantitative estimate of drug-likeness (QED) is 0.727. The van der Waals surface area contributed by atoms with Gasteiger partial charge >= 0.3 is 0 Å². The van der Waals surface area contributed by atoms with Crippen molar-refractivity contribution in [2.75, 3.05) is 13.1 Å². The molecule has 1 amide bonds. The van der Waals surface area contributed by atoms with Gasteiger partial charge in [0.25, 0.3) is 0 Å². The highest BCUT2D eigenvalue weighted by atomic mass is 19.3. The van der Waals surface area contributed by atoms with Crippen LogP contribution in [-0.4, -0.2) is 35.6 Å². The smallest absolute Gasteiger partial charge is 0.248 e. The van der Waals surface area contributed by atoms with Crippen LogP contribution >= 0.6 is 0 Å². The lowest BCUT2D eigenvalue weighted by atomic mass is 9.64. The largest absolute Gasteiger partial charge is 0.342 e. The highest BCUT2D eigenvalue weighted by Crippen LogP contribution is 2.48. The Morgan fingerprint density at radius 1 is 1.28 bits per heavy atom. The number of allylic oxidation sites excluding steroid dienone is 1. The number of hydrogen-bond acceptors (Lipinski definition) is 3. The van der Waals surface area contributed by atoms with Gasteiger partial charge < -0.3 is 4.90 Å². The summed E-state index contributed by atoms with van der Waals surface area (Å²) in [6.07, 6.45) is 3.10. The van der Waals surface area contributed by atoms with Crippen LogP contribution in [0.5, 0.6) is 0 Å². The Labute approximate surface area is 146 Å². The van der Waals surface area contributed by atoms with Crippen molar-refractivity contribution in [2.45, 2.75) is 58.3 Å². The van der Waals surface area contributed by atoms with Gasteiger partial charge in [0.05, 0.1) is 5.57 Å². The molecule has 0 aromatic rings. The van der Waals surface area contributed by atoms with E-state index in [1.807, 2.05) is 19.9 Å². The third-order valence-electron chi connectivity index (χ3n) is 5.99. The zero-order chi connectivity index (χ0) is 18.5. The van der Waals surface area contributed by atoms with Crippen LogP contribution in [-0.2, 0) is 9.59 Å². The predicted octanol–water partition coefficient (Wildman–Crippen LogP) is 3.48. The minimum absolute atomic E-state index is 0.0472. The Morgan fingerprint density at radius 3 is 2.52 bits per heavy atom. The van der Waals surface area contributed by atoms with Gasteiger partial charge in [-0.25, -0.2) is 8.78 Å². The summed E-state index contributed by atoms with van der Waals surface area (Å²) in [6, 6.07) is 2.00. The Kier molecular flexibility index (Phi) is 4.25. The van der Waals surface area contributed by atoms with Gasteiger partial charge in [0, 0.05) is 42.7 Å². The van der Waals surface area contributed by atoms with Crippen LogP contribution in [0.25, 0.3) is 0 Å². The summed E-state index contributed by atoms with van der Waals surface area (Å²) in [4.78, 5) is 26.8. The van der Waals surface area contributed by atoms with Gasteiger partial charge in [0.2, 0.25) is 11.8 Å². The van der Waals surface area contributed by atoms with Crippen LogP contribution < -0.4 is 0 Å². The molecule has 1 aliphatic heterocycles.